The van der Waals surface area contributed by atoms with Crippen LogP contribution in [0.15, 0.2) is 39.7 Å². The normalized spacial score (nSPS) is 17.0. The van der Waals surface area contributed by atoms with Gasteiger partial charge in [-0.25, -0.2) is 4.79 Å². The molecule has 204 valence electrons. The molecule has 1 N–H and O–H groups in total. The summed E-state index contributed by atoms with van der Waals surface area (Å²) in [6, 6.07) is 11.1. The number of benzene rings is 2. The van der Waals surface area contributed by atoms with Crippen molar-refractivity contribution in [3.8, 4) is 5.75 Å². The van der Waals surface area contributed by atoms with Gasteiger partial charge in [-0.2, -0.15) is 0 Å². The van der Waals surface area contributed by atoms with Crippen LogP contribution in [-0.2, 0) is 17.0 Å². The molecule has 0 atom stereocenters. The fraction of sp³-hybridized carbons (Fsp3) is 0.500. The highest BCUT2D eigenvalue weighted by atomic mass is 79.9. The van der Waals surface area contributed by atoms with E-state index in [0.29, 0.717) is 40.9 Å². The van der Waals surface area contributed by atoms with Gasteiger partial charge in [-0.1, -0.05) is 26.0 Å². The molecular formula is C30H38BrN3O3S. The van der Waals surface area contributed by atoms with Crippen LogP contribution in [0.2, 0.25) is 0 Å². The van der Waals surface area contributed by atoms with Gasteiger partial charge in [-0.3, -0.25) is 4.90 Å². The summed E-state index contributed by atoms with van der Waals surface area (Å²) in [6.45, 7) is 11.0. The predicted octanol–water partition coefficient (Wildman–Crippen LogP) is 6.78. The fourth-order valence-corrected chi connectivity index (χ4v) is 6.73. The quantitative estimate of drug-likeness (QED) is 0.216. The Kier molecular flexibility index (Phi) is 8.43. The Morgan fingerprint density at radius 3 is 2.45 bits per heavy atom. The molecule has 2 fully saturated rings. The maximum atomic E-state index is 13.6. The third-order valence-corrected chi connectivity index (χ3v) is 9.34. The molecule has 0 unspecified atom stereocenters. The first kappa shape index (κ1) is 27.6. The van der Waals surface area contributed by atoms with Gasteiger partial charge in [0.05, 0.1) is 22.2 Å². The van der Waals surface area contributed by atoms with Crippen LogP contribution in [0.4, 0.5) is 0 Å². The summed E-state index contributed by atoms with van der Waals surface area (Å²) in [5, 5.41) is 12.1. The maximum Gasteiger partial charge on any atom is 0.340 e. The van der Waals surface area contributed by atoms with Crippen molar-refractivity contribution in [3.63, 3.8) is 0 Å². The van der Waals surface area contributed by atoms with E-state index in [9.17, 15) is 9.90 Å². The number of carbonyl (C=O) groups is 1. The number of hydrogen-bond acceptors (Lipinski definition) is 6. The zero-order chi connectivity index (χ0) is 27.0. The first-order valence-electron chi connectivity index (χ1n) is 13.7. The summed E-state index contributed by atoms with van der Waals surface area (Å²) in [5.74, 6) is 1.07. The van der Waals surface area contributed by atoms with Crippen LogP contribution >= 0.6 is 27.7 Å². The zero-order valence-electron chi connectivity index (χ0n) is 22.8. The lowest BCUT2D eigenvalue weighted by molar-refractivity contribution is 0.0527. The Balaban J connectivity index is 1.61. The lowest BCUT2D eigenvalue weighted by Crippen LogP contribution is -2.43. The van der Waals surface area contributed by atoms with Crippen LogP contribution in [-0.4, -0.2) is 65.3 Å². The van der Waals surface area contributed by atoms with Crippen molar-refractivity contribution in [3.05, 3.63) is 57.2 Å². The lowest BCUT2D eigenvalue weighted by atomic mass is 10.0. The fourth-order valence-electron chi connectivity index (χ4n) is 5.36. The standard InChI is InChI=1S/C30H38BrN3O3S/c1-5-37-30(36)28-26(18-38-22-10-6-20(7-11-22)19(2)3)34(21-8-9-21)25-16-24(31)29(35)23(27(25)28)17-33-14-12-32(4)13-15-33/h6-7,10-11,16,19,21,35H,5,8-9,12-15,17-18H2,1-4H3. The summed E-state index contributed by atoms with van der Waals surface area (Å²) < 4.78 is 8.67. The number of esters is 1. The summed E-state index contributed by atoms with van der Waals surface area (Å²) in [5.41, 5.74) is 4.76. The van der Waals surface area contributed by atoms with E-state index in [0.717, 1.165) is 61.2 Å². The second-order valence-corrected chi connectivity index (χ2v) is 12.7. The molecule has 0 bridgehead atoms. The van der Waals surface area contributed by atoms with Gasteiger partial charge < -0.3 is 19.3 Å². The number of carbonyl (C=O) groups excluding carboxylic acids is 1. The van der Waals surface area contributed by atoms with E-state index < -0.39 is 0 Å². The number of phenolic OH excluding ortho intramolecular Hbond substituents is 1. The number of ether oxygens (including phenoxy) is 1. The van der Waals surface area contributed by atoms with Crippen LogP contribution < -0.4 is 0 Å². The van der Waals surface area contributed by atoms with Crippen molar-refractivity contribution >= 4 is 44.6 Å². The van der Waals surface area contributed by atoms with Crippen LogP contribution in [0, 0.1) is 0 Å². The van der Waals surface area contributed by atoms with Crippen molar-refractivity contribution in [1.82, 2.24) is 14.4 Å². The number of hydrogen-bond donors (Lipinski definition) is 1. The highest BCUT2D eigenvalue weighted by molar-refractivity contribution is 9.10. The molecule has 1 aliphatic heterocycles. The Labute approximate surface area is 238 Å². The van der Waals surface area contributed by atoms with E-state index in [1.165, 1.54) is 10.5 Å². The van der Waals surface area contributed by atoms with E-state index in [2.05, 4.69) is 75.5 Å². The Bertz CT molecular complexity index is 1310. The lowest BCUT2D eigenvalue weighted by Gasteiger charge is -2.32. The van der Waals surface area contributed by atoms with Gasteiger partial charge in [-0.15, -0.1) is 11.8 Å². The number of thioether (sulfide) groups is 1. The van der Waals surface area contributed by atoms with E-state index >= 15 is 0 Å². The number of phenols is 1. The van der Waals surface area contributed by atoms with Gasteiger partial charge in [0.25, 0.3) is 0 Å². The average molecular weight is 601 g/mol. The molecule has 0 spiro atoms. The average Bonchev–Trinajstić information content (AvgIpc) is 3.68. The number of halogens is 1. The Hall–Kier alpha value is -2.00. The largest absolute Gasteiger partial charge is 0.506 e. The molecule has 6 nitrogen and oxygen atoms in total. The molecule has 1 saturated carbocycles. The maximum absolute atomic E-state index is 13.6. The molecule has 1 aromatic heterocycles. The topological polar surface area (TPSA) is 57.9 Å². The number of likely N-dealkylation sites (N-methyl/N-ethyl adjacent to an activating group) is 1. The molecule has 5 rings (SSSR count). The van der Waals surface area contributed by atoms with Gasteiger partial charge in [0, 0.05) is 66.1 Å². The number of rotatable bonds is 9. The molecule has 1 aliphatic carbocycles. The number of aromatic nitrogens is 1. The van der Waals surface area contributed by atoms with Gasteiger partial charge in [-0.05, 0) is 72.4 Å². The molecule has 2 aromatic carbocycles. The Morgan fingerprint density at radius 2 is 1.84 bits per heavy atom. The van der Waals surface area contributed by atoms with Crippen molar-refractivity contribution in [2.75, 3.05) is 39.8 Å². The van der Waals surface area contributed by atoms with Crippen LogP contribution in [0.1, 0.15) is 72.8 Å². The molecule has 0 amide bonds. The molecule has 0 radical (unpaired) electrons. The molecule has 2 aliphatic rings. The Morgan fingerprint density at radius 1 is 1.16 bits per heavy atom. The van der Waals surface area contributed by atoms with Crippen LogP contribution in [0.5, 0.6) is 5.75 Å². The van der Waals surface area contributed by atoms with Crippen molar-refractivity contribution < 1.29 is 14.6 Å². The highest BCUT2D eigenvalue weighted by Gasteiger charge is 2.35. The highest BCUT2D eigenvalue weighted by Crippen LogP contribution is 2.47. The molecule has 2 heterocycles. The second kappa shape index (κ2) is 11.6. The molecule has 1 saturated heterocycles. The molecule has 3 aromatic rings. The second-order valence-electron chi connectivity index (χ2n) is 10.8. The minimum atomic E-state index is -0.302. The first-order valence-corrected chi connectivity index (χ1v) is 15.4. The number of piperazine rings is 1. The third-order valence-electron chi connectivity index (χ3n) is 7.71. The summed E-state index contributed by atoms with van der Waals surface area (Å²) in [4.78, 5) is 19.5. The summed E-state index contributed by atoms with van der Waals surface area (Å²) in [7, 11) is 2.14. The van der Waals surface area contributed by atoms with Gasteiger partial charge in [0.15, 0.2) is 0 Å². The van der Waals surface area contributed by atoms with E-state index in [1.807, 2.05) is 13.0 Å². The smallest absolute Gasteiger partial charge is 0.340 e. The third kappa shape index (κ3) is 5.64. The minimum Gasteiger partial charge on any atom is -0.506 e. The molecule has 8 heteroatoms. The van der Waals surface area contributed by atoms with Crippen molar-refractivity contribution in [2.45, 2.75) is 62.8 Å². The minimum absolute atomic E-state index is 0.221. The van der Waals surface area contributed by atoms with Crippen LogP contribution in [0.3, 0.4) is 0 Å². The SMILES string of the molecule is CCOC(=O)c1c(CSc2ccc(C(C)C)cc2)n(C2CC2)c2cc(Br)c(O)c(CN3CCN(C)CC3)c12. The zero-order valence-corrected chi connectivity index (χ0v) is 25.2. The number of fused-ring (bicyclic) bond motifs is 1. The summed E-state index contributed by atoms with van der Waals surface area (Å²) in [6.07, 6.45) is 2.19. The predicted molar refractivity (Wildman–Crippen MR) is 158 cm³/mol. The van der Waals surface area contributed by atoms with Crippen LogP contribution in [0.25, 0.3) is 10.9 Å². The molecular weight excluding hydrogens is 562 g/mol. The molecule has 38 heavy (non-hydrogen) atoms. The van der Waals surface area contributed by atoms with Crippen molar-refractivity contribution in [1.29, 1.82) is 0 Å². The van der Waals surface area contributed by atoms with E-state index in [1.54, 1.807) is 11.8 Å². The summed E-state index contributed by atoms with van der Waals surface area (Å²) >= 11 is 5.38. The van der Waals surface area contributed by atoms with Crippen molar-refractivity contribution in [2.24, 2.45) is 0 Å². The monoisotopic (exact) mass is 599 g/mol. The first-order chi connectivity index (χ1) is 18.3. The van der Waals surface area contributed by atoms with E-state index in [-0.39, 0.29) is 11.7 Å². The van der Waals surface area contributed by atoms with Gasteiger partial charge in [0.2, 0.25) is 0 Å². The van der Waals surface area contributed by atoms with Gasteiger partial charge >= 0.3 is 5.97 Å². The van der Waals surface area contributed by atoms with E-state index in [4.69, 9.17) is 4.74 Å². The van der Waals surface area contributed by atoms with Gasteiger partial charge in [0.1, 0.15) is 5.75 Å². The number of nitrogens with zero attached hydrogens (tertiary/aromatic N) is 3. The number of aromatic hydroxyl groups is 1.